The molecule has 178 valence electrons. The zero-order valence-electron chi connectivity index (χ0n) is 19.3. The van der Waals surface area contributed by atoms with Gasteiger partial charge in [-0.25, -0.2) is 9.07 Å². The van der Waals surface area contributed by atoms with E-state index in [0.29, 0.717) is 17.9 Å². The first-order valence-electron chi connectivity index (χ1n) is 11.3. The van der Waals surface area contributed by atoms with Crippen LogP contribution < -0.4 is 10.6 Å². The Morgan fingerprint density at radius 2 is 1.60 bits per heavy atom. The van der Waals surface area contributed by atoms with Gasteiger partial charge in [-0.15, -0.1) is 5.10 Å². The molecule has 0 saturated carbocycles. The maximum Gasteiger partial charge on any atom is 0.252 e. The van der Waals surface area contributed by atoms with E-state index < -0.39 is 11.8 Å². The summed E-state index contributed by atoms with van der Waals surface area (Å²) in [6.07, 6.45) is -0.0354. The van der Waals surface area contributed by atoms with Crippen LogP contribution >= 0.6 is 0 Å². The molecule has 0 aliphatic heterocycles. The molecule has 0 aliphatic rings. The molecule has 8 heteroatoms. The van der Waals surface area contributed by atoms with Crippen LogP contribution in [0.3, 0.4) is 0 Å². The van der Waals surface area contributed by atoms with Gasteiger partial charge in [0.1, 0.15) is 5.82 Å². The largest absolute Gasteiger partial charge is 0.370 e. The number of primary amides is 1. The highest BCUT2D eigenvalue weighted by atomic mass is 19.1. The van der Waals surface area contributed by atoms with Crippen molar-refractivity contribution in [2.75, 3.05) is 11.4 Å². The molecule has 7 nitrogen and oxygen atoms in total. The third-order valence-corrected chi connectivity index (χ3v) is 5.70. The van der Waals surface area contributed by atoms with Gasteiger partial charge in [0.05, 0.1) is 12.5 Å². The van der Waals surface area contributed by atoms with E-state index in [4.69, 9.17) is 5.73 Å². The Balaban J connectivity index is 1.75. The normalized spacial score (nSPS) is 11.7. The lowest BCUT2D eigenvalue weighted by Crippen LogP contribution is -2.37. The Kier molecular flexibility index (Phi) is 7.30. The van der Waals surface area contributed by atoms with E-state index in [1.807, 2.05) is 60.7 Å². The van der Waals surface area contributed by atoms with Crippen molar-refractivity contribution in [1.29, 1.82) is 0 Å². The topological polar surface area (TPSA) is 94.1 Å². The minimum Gasteiger partial charge on any atom is -0.370 e. The fourth-order valence-corrected chi connectivity index (χ4v) is 3.77. The van der Waals surface area contributed by atoms with Crippen molar-refractivity contribution in [3.63, 3.8) is 0 Å². The molecule has 1 unspecified atom stereocenters. The molecule has 4 rings (SSSR count). The standard InChI is InChI=1S/C27H26FN5O2/c1-19(21-10-6-3-7-11-21)26(35)32(17-16-24(29)34)27-30-25(22-12-14-23(28)15-13-22)33(31-27)18-20-8-4-2-5-9-20/h2-15,19H,16-18H2,1H3,(H2,29,34). The molecule has 2 N–H and O–H groups in total. The third kappa shape index (κ3) is 5.78. The molecule has 1 atom stereocenters. The molecule has 2 amide bonds. The van der Waals surface area contributed by atoms with Crippen LogP contribution in [0.2, 0.25) is 0 Å². The number of carbonyl (C=O) groups is 2. The van der Waals surface area contributed by atoms with Gasteiger partial charge >= 0.3 is 0 Å². The first kappa shape index (κ1) is 23.8. The van der Waals surface area contributed by atoms with Gasteiger partial charge in [-0.3, -0.25) is 14.5 Å². The van der Waals surface area contributed by atoms with Crippen molar-refractivity contribution in [2.45, 2.75) is 25.8 Å². The van der Waals surface area contributed by atoms with E-state index in [9.17, 15) is 14.0 Å². The lowest BCUT2D eigenvalue weighted by molar-refractivity contribution is -0.120. The molecule has 0 saturated heterocycles. The molecule has 0 fully saturated rings. The van der Waals surface area contributed by atoms with Crippen LogP contribution in [0.1, 0.15) is 30.4 Å². The van der Waals surface area contributed by atoms with Crippen LogP contribution in [0, 0.1) is 5.82 Å². The predicted octanol–water partition coefficient (Wildman–Crippen LogP) is 4.14. The van der Waals surface area contributed by atoms with E-state index in [0.717, 1.165) is 11.1 Å². The number of nitrogens with two attached hydrogens (primary N) is 1. The van der Waals surface area contributed by atoms with E-state index in [2.05, 4.69) is 10.1 Å². The average Bonchev–Trinajstić information content (AvgIpc) is 3.28. The Morgan fingerprint density at radius 3 is 2.23 bits per heavy atom. The summed E-state index contributed by atoms with van der Waals surface area (Å²) < 4.78 is 15.3. The van der Waals surface area contributed by atoms with Crippen molar-refractivity contribution in [3.8, 4) is 11.4 Å². The average molecular weight is 472 g/mol. The van der Waals surface area contributed by atoms with Crippen LogP contribution in [0.15, 0.2) is 84.9 Å². The Hall–Kier alpha value is -4.33. The first-order valence-corrected chi connectivity index (χ1v) is 11.3. The Bertz CT molecular complexity index is 1290. The molecule has 0 aliphatic carbocycles. The molecule has 1 aromatic heterocycles. The van der Waals surface area contributed by atoms with Crippen LogP contribution in [0.4, 0.5) is 10.3 Å². The summed E-state index contributed by atoms with van der Waals surface area (Å²) in [5.41, 5.74) is 7.87. The highest BCUT2D eigenvalue weighted by Gasteiger charge is 2.28. The third-order valence-electron chi connectivity index (χ3n) is 5.70. The zero-order valence-corrected chi connectivity index (χ0v) is 19.3. The summed E-state index contributed by atoms with van der Waals surface area (Å²) in [5.74, 6) is -0.988. The Morgan fingerprint density at radius 1 is 0.971 bits per heavy atom. The van der Waals surface area contributed by atoms with Crippen molar-refractivity contribution in [3.05, 3.63) is 102 Å². The second kappa shape index (κ2) is 10.7. The number of hydrogen-bond acceptors (Lipinski definition) is 4. The van der Waals surface area contributed by atoms with Gasteiger partial charge < -0.3 is 5.73 Å². The smallest absolute Gasteiger partial charge is 0.252 e. The summed E-state index contributed by atoms with van der Waals surface area (Å²) in [6.45, 7) is 2.24. The van der Waals surface area contributed by atoms with E-state index in [1.165, 1.54) is 17.0 Å². The van der Waals surface area contributed by atoms with Gasteiger partial charge in [0.15, 0.2) is 5.82 Å². The number of hydrogen-bond donors (Lipinski definition) is 1. The zero-order chi connectivity index (χ0) is 24.8. The maximum atomic E-state index is 13.6. The van der Waals surface area contributed by atoms with Gasteiger partial charge in [0.2, 0.25) is 11.8 Å². The number of rotatable bonds is 9. The molecule has 1 heterocycles. The summed E-state index contributed by atoms with van der Waals surface area (Å²) in [5, 5.41) is 4.64. The van der Waals surface area contributed by atoms with E-state index in [1.54, 1.807) is 23.7 Å². The van der Waals surface area contributed by atoms with Gasteiger partial charge in [-0.05, 0) is 42.3 Å². The molecular formula is C27H26FN5O2. The molecule has 3 aromatic carbocycles. The molecule has 4 aromatic rings. The maximum absolute atomic E-state index is 13.6. The predicted molar refractivity (Wildman–Crippen MR) is 132 cm³/mol. The number of nitrogens with zero attached hydrogens (tertiary/aromatic N) is 4. The SMILES string of the molecule is CC(C(=O)N(CCC(N)=O)c1nc(-c2ccc(F)cc2)n(Cc2ccccc2)n1)c1ccccc1. The summed E-state index contributed by atoms with van der Waals surface area (Å²) in [7, 11) is 0. The van der Waals surface area contributed by atoms with Crippen molar-refractivity contribution in [1.82, 2.24) is 14.8 Å². The number of halogens is 1. The van der Waals surface area contributed by atoms with Gasteiger partial charge in [0, 0.05) is 18.5 Å². The fraction of sp³-hybridized carbons (Fsp3) is 0.185. The van der Waals surface area contributed by atoms with Crippen LogP contribution in [0.25, 0.3) is 11.4 Å². The van der Waals surface area contributed by atoms with E-state index in [-0.39, 0.29) is 30.6 Å². The second-order valence-electron chi connectivity index (χ2n) is 8.22. The lowest BCUT2D eigenvalue weighted by atomic mass is 10.00. The van der Waals surface area contributed by atoms with Gasteiger partial charge in [0.25, 0.3) is 5.95 Å². The minimum atomic E-state index is -0.530. The first-order chi connectivity index (χ1) is 16.9. The van der Waals surface area contributed by atoms with Gasteiger partial charge in [-0.1, -0.05) is 60.7 Å². The van der Waals surface area contributed by atoms with Crippen LogP contribution in [-0.2, 0) is 16.1 Å². The monoisotopic (exact) mass is 471 g/mol. The van der Waals surface area contributed by atoms with E-state index >= 15 is 0 Å². The summed E-state index contributed by atoms with van der Waals surface area (Å²) >= 11 is 0. The summed E-state index contributed by atoms with van der Waals surface area (Å²) in [4.78, 5) is 31.2. The minimum absolute atomic E-state index is 0.0354. The second-order valence-corrected chi connectivity index (χ2v) is 8.22. The fourth-order valence-electron chi connectivity index (χ4n) is 3.77. The lowest BCUT2D eigenvalue weighted by Gasteiger charge is -2.22. The molecule has 0 spiro atoms. The van der Waals surface area contributed by atoms with Crippen molar-refractivity contribution < 1.29 is 14.0 Å². The Labute approximate surface area is 203 Å². The molecule has 0 bridgehead atoms. The van der Waals surface area contributed by atoms with Crippen LogP contribution in [0.5, 0.6) is 0 Å². The number of anilines is 1. The summed E-state index contributed by atoms with van der Waals surface area (Å²) in [6, 6.07) is 25.0. The highest BCUT2D eigenvalue weighted by molar-refractivity contribution is 5.97. The molecule has 0 radical (unpaired) electrons. The number of benzene rings is 3. The van der Waals surface area contributed by atoms with Gasteiger partial charge in [-0.2, -0.15) is 4.98 Å². The van der Waals surface area contributed by atoms with Crippen molar-refractivity contribution >= 4 is 17.8 Å². The number of carbonyl (C=O) groups excluding carboxylic acids is 2. The molecular weight excluding hydrogens is 445 g/mol. The quantitative estimate of drug-likeness (QED) is 0.397. The molecule has 35 heavy (non-hydrogen) atoms. The number of amides is 2. The van der Waals surface area contributed by atoms with Crippen molar-refractivity contribution in [2.24, 2.45) is 5.73 Å². The number of aromatic nitrogens is 3. The highest BCUT2D eigenvalue weighted by Crippen LogP contribution is 2.25. The van der Waals surface area contributed by atoms with Crippen LogP contribution in [-0.4, -0.2) is 33.1 Å².